The molecule has 0 fully saturated rings. The van der Waals surface area contributed by atoms with Crippen molar-refractivity contribution in [3.05, 3.63) is 45.7 Å². The highest BCUT2D eigenvalue weighted by Crippen LogP contribution is 2.27. The number of aromatic nitrogens is 1. The largest absolute Gasteiger partial charge is 0.491 e. The van der Waals surface area contributed by atoms with E-state index in [2.05, 4.69) is 17.2 Å². The number of hydrogen-bond donors (Lipinski definition) is 2. The van der Waals surface area contributed by atoms with Crippen molar-refractivity contribution >= 4 is 11.3 Å². The average molecular weight is 338 g/mol. The summed E-state index contributed by atoms with van der Waals surface area (Å²) in [5.41, 5.74) is 0.723. The van der Waals surface area contributed by atoms with Gasteiger partial charge in [0.2, 0.25) is 0 Å². The zero-order chi connectivity index (χ0) is 17.0. The van der Waals surface area contributed by atoms with E-state index in [1.807, 2.05) is 20.8 Å². The van der Waals surface area contributed by atoms with Gasteiger partial charge in [-0.05, 0) is 52.0 Å². The first-order valence-electron chi connectivity index (χ1n) is 7.54. The molecule has 2 rings (SSSR count). The minimum absolute atomic E-state index is 0.143. The molecular formula is C17H23FN2O2S. The zero-order valence-electron chi connectivity index (χ0n) is 13.9. The summed E-state index contributed by atoms with van der Waals surface area (Å²) in [6.07, 6.45) is -0.665. The molecule has 1 atom stereocenters. The molecule has 1 unspecified atom stereocenters. The first-order valence-corrected chi connectivity index (χ1v) is 8.35. The molecule has 6 heteroatoms. The third kappa shape index (κ3) is 4.99. The quantitative estimate of drug-likeness (QED) is 0.814. The van der Waals surface area contributed by atoms with E-state index in [-0.39, 0.29) is 18.0 Å². The van der Waals surface area contributed by atoms with Crippen LogP contribution in [0.4, 0.5) is 4.39 Å². The Balaban J connectivity index is 1.83. The number of aliphatic hydroxyl groups excluding tert-OH is 1. The molecule has 0 aliphatic rings. The van der Waals surface area contributed by atoms with Gasteiger partial charge in [-0.25, -0.2) is 9.37 Å². The van der Waals surface area contributed by atoms with Crippen molar-refractivity contribution in [2.45, 2.75) is 39.3 Å². The lowest BCUT2D eigenvalue weighted by molar-refractivity contribution is 0.0987. The smallest absolute Gasteiger partial charge is 0.123 e. The van der Waals surface area contributed by atoms with Crippen LogP contribution in [0.25, 0.3) is 0 Å². The van der Waals surface area contributed by atoms with E-state index in [1.165, 1.54) is 17.0 Å². The Morgan fingerprint density at radius 1 is 1.30 bits per heavy atom. The topological polar surface area (TPSA) is 54.4 Å². The summed E-state index contributed by atoms with van der Waals surface area (Å²) in [6, 6.07) is 5.74. The van der Waals surface area contributed by atoms with E-state index < -0.39 is 6.10 Å². The van der Waals surface area contributed by atoms with Gasteiger partial charge in [0.15, 0.2) is 0 Å². The fourth-order valence-electron chi connectivity index (χ4n) is 1.97. The van der Waals surface area contributed by atoms with Gasteiger partial charge >= 0.3 is 0 Å². The van der Waals surface area contributed by atoms with Crippen molar-refractivity contribution in [2.24, 2.45) is 0 Å². The molecule has 0 saturated carbocycles. The number of thiazole rings is 1. The Kier molecular flexibility index (Phi) is 5.73. The van der Waals surface area contributed by atoms with Crippen LogP contribution in [-0.2, 0) is 5.54 Å². The molecule has 23 heavy (non-hydrogen) atoms. The van der Waals surface area contributed by atoms with Gasteiger partial charge in [0.05, 0.1) is 11.2 Å². The van der Waals surface area contributed by atoms with Crippen molar-refractivity contribution < 1.29 is 14.2 Å². The maximum absolute atomic E-state index is 12.8. The fraction of sp³-hybridized carbons (Fsp3) is 0.471. The van der Waals surface area contributed by atoms with Crippen LogP contribution in [0.3, 0.4) is 0 Å². The molecule has 4 nitrogen and oxygen atoms in total. The van der Waals surface area contributed by atoms with Crippen LogP contribution < -0.4 is 10.1 Å². The lowest BCUT2D eigenvalue weighted by Gasteiger charge is -2.25. The number of aliphatic hydroxyl groups is 1. The van der Waals surface area contributed by atoms with Crippen molar-refractivity contribution in [1.82, 2.24) is 10.3 Å². The molecule has 0 aliphatic carbocycles. The summed E-state index contributed by atoms with van der Waals surface area (Å²) in [4.78, 5) is 5.77. The van der Waals surface area contributed by atoms with Gasteiger partial charge in [-0.15, -0.1) is 11.3 Å². The highest BCUT2D eigenvalue weighted by molar-refractivity contribution is 7.11. The van der Waals surface area contributed by atoms with Crippen molar-refractivity contribution in [3.63, 3.8) is 0 Å². The number of hydrogen-bond acceptors (Lipinski definition) is 5. The SMILES string of the molecule is Cc1nc(C(C)(C)NCC(O)COc2ccc(F)cc2)sc1C. The maximum atomic E-state index is 12.8. The van der Waals surface area contributed by atoms with E-state index in [0.717, 1.165) is 10.7 Å². The first-order chi connectivity index (χ1) is 10.8. The Morgan fingerprint density at radius 2 is 1.96 bits per heavy atom. The van der Waals surface area contributed by atoms with Gasteiger partial charge in [0.25, 0.3) is 0 Å². The molecule has 2 N–H and O–H groups in total. The Labute approximate surface area is 140 Å². The second kappa shape index (κ2) is 7.38. The van der Waals surface area contributed by atoms with Crippen LogP contribution in [0.1, 0.15) is 29.4 Å². The second-order valence-corrected chi connectivity index (χ2v) is 7.29. The van der Waals surface area contributed by atoms with Crippen molar-refractivity contribution in [3.8, 4) is 5.75 Å². The Morgan fingerprint density at radius 3 is 2.52 bits per heavy atom. The number of nitrogens with one attached hydrogen (secondary N) is 1. The molecule has 0 radical (unpaired) electrons. The average Bonchev–Trinajstić information content (AvgIpc) is 2.85. The molecular weight excluding hydrogens is 315 g/mol. The molecule has 126 valence electrons. The van der Waals surface area contributed by atoms with E-state index in [4.69, 9.17) is 4.74 Å². The maximum Gasteiger partial charge on any atom is 0.123 e. The highest BCUT2D eigenvalue weighted by Gasteiger charge is 2.25. The summed E-state index contributed by atoms with van der Waals surface area (Å²) in [6.45, 7) is 8.65. The third-order valence-corrected chi connectivity index (χ3v) is 5.00. The molecule has 0 aliphatic heterocycles. The standard InChI is InChI=1S/C17H23FN2O2S/c1-11-12(2)23-16(20-11)17(3,4)19-9-14(21)10-22-15-7-5-13(18)6-8-15/h5-8,14,19,21H,9-10H2,1-4H3. The second-order valence-electron chi connectivity index (χ2n) is 6.09. The van der Waals surface area contributed by atoms with Crippen LogP contribution in [-0.4, -0.2) is 29.3 Å². The van der Waals surface area contributed by atoms with Gasteiger partial charge in [-0.2, -0.15) is 0 Å². The minimum Gasteiger partial charge on any atom is -0.491 e. The number of rotatable bonds is 7. The molecule has 1 aromatic heterocycles. The van der Waals surface area contributed by atoms with Crippen LogP contribution in [0.2, 0.25) is 0 Å². The number of aryl methyl sites for hydroxylation is 2. The molecule has 0 spiro atoms. The highest BCUT2D eigenvalue weighted by atomic mass is 32.1. The van der Waals surface area contributed by atoms with Crippen LogP contribution in [0.15, 0.2) is 24.3 Å². The number of benzene rings is 1. The molecule has 0 saturated heterocycles. The van der Waals surface area contributed by atoms with E-state index in [0.29, 0.717) is 12.3 Å². The first kappa shape index (κ1) is 17.8. The number of nitrogens with zero attached hydrogens (tertiary/aromatic N) is 1. The van der Waals surface area contributed by atoms with Crippen LogP contribution in [0, 0.1) is 19.7 Å². The lowest BCUT2D eigenvalue weighted by atomic mass is 10.1. The predicted molar refractivity (Wildman–Crippen MR) is 90.5 cm³/mol. The van der Waals surface area contributed by atoms with E-state index in [1.54, 1.807) is 23.5 Å². The Bertz CT molecular complexity index is 621. The molecule has 1 heterocycles. The zero-order valence-corrected chi connectivity index (χ0v) is 14.7. The van der Waals surface area contributed by atoms with Crippen LogP contribution >= 0.6 is 11.3 Å². The summed E-state index contributed by atoms with van der Waals surface area (Å²) >= 11 is 1.66. The van der Waals surface area contributed by atoms with Crippen molar-refractivity contribution in [1.29, 1.82) is 0 Å². The monoisotopic (exact) mass is 338 g/mol. The fourth-order valence-corrected chi connectivity index (χ4v) is 2.96. The Hall–Kier alpha value is -1.50. The van der Waals surface area contributed by atoms with Gasteiger partial charge in [-0.3, -0.25) is 0 Å². The number of halogens is 1. The van der Waals surface area contributed by atoms with E-state index >= 15 is 0 Å². The molecule has 0 bridgehead atoms. The van der Waals surface area contributed by atoms with Crippen LogP contribution in [0.5, 0.6) is 5.75 Å². The van der Waals surface area contributed by atoms with Gasteiger partial charge in [0, 0.05) is 11.4 Å². The lowest BCUT2D eigenvalue weighted by Crippen LogP contribution is -2.42. The summed E-state index contributed by atoms with van der Waals surface area (Å²) in [5.74, 6) is 0.228. The normalized spacial score (nSPS) is 13.1. The minimum atomic E-state index is -0.665. The molecule has 0 amide bonds. The summed E-state index contributed by atoms with van der Waals surface area (Å²) < 4.78 is 18.3. The third-order valence-electron chi connectivity index (χ3n) is 3.60. The van der Waals surface area contributed by atoms with Gasteiger partial charge < -0.3 is 15.2 Å². The van der Waals surface area contributed by atoms with Crippen molar-refractivity contribution in [2.75, 3.05) is 13.2 Å². The van der Waals surface area contributed by atoms with Gasteiger partial charge in [0.1, 0.15) is 29.3 Å². The molecule has 2 aromatic rings. The number of ether oxygens (including phenoxy) is 1. The molecule has 1 aromatic carbocycles. The van der Waals surface area contributed by atoms with E-state index in [9.17, 15) is 9.50 Å². The summed E-state index contributed by atoms with van der Waals surface area (Å²) in [5, 5.41) is 14.4. The predicted octanol–water partition coefficient (Wildman–Crippen LogP) is 3.16. The summed E-state index contributed by atoms with van der Waals surface area (Å²) in [7, 11) is 0. The van der Waals surface area contributed by atoms with Gasteiger partial charge in [-0.1, -0.05) is 0 Å².